The Morgan fingerprint density at radius 3 is 2.04 bits per heavy atom. The number of rotatable bonds is 8. The molecule has 10 nitrogen and oxygen atoms in total. The predicted molar refractivity (Wildman–Crippen MR) is 168 cm³/mol. The number of halogens is 7. The molecule has 1 aliphatic rings. The Morgan fingerprint density at radius 2 is 1.41 bits per heavy atom. The molecule has 4 aromatic rings. The van der Waals surface area contributed by atoms with Gasteiger partial charge >= 0.3 is 12.5 Å². The maximum absolute atomic E-state index is 15.1. The van der Waals surface area contributed by atoms with Gasteiger partial charge in [0.05, 0.1) is 34.4 Å². The largest absolute Gasteiger partial charge is 0.586 e. The molecule has 2 amide bonds. The molecule has 0 aromatic heterocycles. The molecule has 0 fully saturated rings. The van der Waals surface area contributed by atoms with E-state index in [0.29, 0.717) is 12.1 Å². The average Bonchev–Trinajstić information content (AvgIpc) is 3.32. The van der Waals surface area contributed by atoms with E-state index in [4.69, 9.17) is 4.74 Å². The molecular formula is C33H26F7N3O7S. The van der Waals surface area contributed by atoms with Gasteiger partial charge in [-0.15, -0.1) is 8.78 Å². The molecule has 1 heterocycles. The number of carbonyl (C=O) groups is 2. The van der Waals surface area contributed by atoms with E-state index < -0.39 is 85.5 Å². The Labute approximate surface area is 285 Å². The van der Waals surface area contributed by atoms with Crippen LogP contribution in [0.4, 0.5) is 42.1 Å². The first-order valence-electron chi connectivity index (χ1n) is 14.5. The number of fused-ring (bicyclic) bond motifs is 1. The van der Waals surface area contributed by atoms with Crippen LogP contribution in [0.5, 0.6) is 17.2 Å². The Bertz CT molecular complexity index is 2170. The maximum Gasteiger partial charge on any atom is 0.586 e. The summed E-state index contributed by atoms with van der Waals surface area (Å²) in [6.45, 7) is 4.82. The number of benzene rings is 4. The van der Waals surface area contributed by atoms with Gasteiger partial charge in [0.15, 0.2) is 11.5 Å². The van der Waals surface area contributed by atoms with E-state index in [2.05, 4.69) is 24.8 Å². The number of hydrogen-bond donors (Lipinski definition) is 3. The number of nitrogens with one attached hydrogen (secondary N) is 3. The van der Waals surface area contributed by atoms with Crippen LogP contribution >= 0.6 is 0 Å². The smallest absolute Gasteiger partial charge is 0.496 e. The van der Waals surface area contributed by atoms with Crippen LogP contribution in [0.3, 0.4) is 0 Å². The second-order valence-electron chi connectivity index (χ2n) is 12.0. The van der Waals surface area contributed by atoms with Gasteiger partial charge in [-0.1, -0.05) is 6.07 Å². The van der Waals surface area contributed by atoms with Crippen molar-refractivity contribution >= 4 is 33.2 Å². The first-order chi connectivity index (χ1) is 23.6. The highest BCUT2D eigenvalue weighted by molar-refractivity contribution is 7.89. The highest BCUT2D eigenvalue weighted by Gasteiger charge is 2.44. The number of anilines is 2. The summed E-state index contributed by atoms with van der Waals surface area (Å²) in [5, 5.41) is 4.42. The maximum atomic E-state index is 15.1. The summed E-state index contributed by atoms with van der Waals surface area (Å²) in [5.41, 5.74) is -4.74. The first kappa shape index (κ1) is 36.9. The zero-order valence-corrected chi connectivity index (χ0v) is 27.6. The summed E-state index contributed by atoms with van der Waals surface area (Å²) < 4.78 is 139. The van der Waals surface area contributed by atoms with Gasteiger partial charge in [0.2, 0.25) is 10.0 Å². The number of carbonyl (C=O) groups excluding carboxylic acids is 2. The summed E-state index contributed by atoms with van der Waals surface area (Å²) in [6.07, 6.45) is -9.30. The first-order valence-corrected chi connectivity index (χ1v) is 16.0. The third-order valence-electron chi connectivity index (χ3n) is 7.01. The van der Waals surface area contributed by atoms with Gasteiger partial charge in [0.25, 0.3) is 11.8 Å². The molecule has 0 unspecified atom stereocenters. The van der Waals surface area contributed by atoms with Crippen LogP contribution in [0, 0.1) is 11.6 Å². The van der Waals surface area contributed by atoms with E-state index in [9.17, 15) is 44.3 Å². The van der Waals surface area contributed by atoms with Gasteiger partial charge in [0.1, 0.15) is 17.4 Å². The van der Waals surface area contributed by atoms with Gasteiger partial charge in [0, 0.05) is 22.9 Å². The quantitative estimate of drug-likeness (QED) is 0.159. The molecule has 0 bridgehead atoms. The molecule has 0 aliphatic carbocycles. The molecule has 18 heteroatoms. The number of sulfonamides is 1. The summed E-state index contributed by atoms with van der Waals surface area (Å²) in [7, 11) is -2.92. The SMILES string of the molecule is COc1ccc(-c2cc(S(=O)(=O)NC(C)(C)C)ccc2F)cc1C(=O)Nc1cc2c(cc1C(=O)Nc1ccc(F)c(C(F)(F)F)c1)OC(F)(F)O2. The van der Waals surface area contributed by atoms with E-state index in [1.807, 2.05) is 0 Å². The van der Waals surface area contributed by atoms with Gasteiger partial charge in [-0.3, -0.25) is 9.59 Å². The van der Waals surface area contributed by atoms with Crippen LogP contribution in [0.1, 0.15) is 47.1 Å². The summed E-state index contributed by atoms with van der Waals surface area (Å²) in [6, 6.07) is 9.86. The fourth-order valence-electron chi connectivity index (χ4n) is 4.90. The van der Waals surface area contributed by atoms with Crippen molar-refractivity contribution in [2.45, 2.75) is 43.7 Å². The molecule has 0 spiro atoms. The highest BCUT2D eigenvalue weighted by Crippen LogP contribution is 2.44. The lowest BCUT2D eigenvalue weighted by molar-refractivity contribution is -0.286. The van der Waals surface area contributed by atoms with Crippen LogP contribution in [0.25, 0.3) is 11.1 Å². The van der Waals surface area contributed by atoms with Gasteiger partial charge in [-0.05, 0) is 80.9 Å². The van der Waals surface area contributed by atoms with Crippen LogP contribution in [0.2, 0.25) is 0 Å². The van der Waals surface area contributed by atoms with E-state index in [1.165, 1.54) is 19.2 Å². The van der Waals surface area contributed by atoms with Crippen LogP contribution in [-0.2, 0) is 16.2 Å². The molecule has 4 aromatic carbocycles. The Balaban J connectivity index is 1.53. The van der Waals surface area contributed by atoms with Crippen LogP contribution in [-0.4, -0.2) is 39.2 Å². The molecule has 0 saturated heterocycles. The van der Waals surface area contributed by atoms with Crippen molar-refractivity contribution in [2.24, 2.45) is 0 Å². The van der Waals surface area contributed by atoms with Crippen LogP contribution < -0.4 is 29.6 Å². The lowest BCUT2D eigenvalue weighted by Crippen LogP contribution is -2.40. The van der Waals surface area contributed by atoms with E-state index in [1.54, 1.807) is 20.8 Å². The molecule has 0 atom stereocenters. The molecule has 3 N–H and O–H groups in total. The third-order valence-corrected chi connectivity index (χ3v) is 8.76. The van der Waals surface area contributed by atoms with E-state index in [-0.39, 0.29) is 27.3 Å². The number of alkyl halides is 5. The lowest BCUT2D eigenvalue weighted by atomic mass is 10.0. The minimum Gasteiger partial charge on any atom is -0.496 e. The van der Waals surface area contributed by atoms with Gasteiger partial charge in [-0.2, -0.15) is 13.2 Å². The standard InChI is InChI=1S/C33H26F7N3O7S/c1-31(2,3)43-51(46,47)18-7-9-23(34)19(13-18)16-5-10-26(48-4)21(11-16)30(45)42-25-15-28-27(49-33(39,40)50-28)14-20(25)29(44)41-17-6-8-24(35)22(12-17)32(36,37)38/h5-15,43H,1-4H3,(H,41,44)(H,42,45). The summed E-state index contributed by atoms with van der Waals surface area (Å²) >= 11 is 0. The van der Waals surface area contributed by atoms with Crippen molar-refractivity contribution in [3.8, 4) is 28.4 Å². The number of ether oxygens (including phenoxy) is 3. The molecule has 1 aliphatic heterocycles. The summed E-state index contributed by atoms with van der Waals surface area (Å²) in [5.74, 6) is -6.17. The zero-order chi connectivity index (χ0) is 37.7. The minimum atomic E-state index is -5.12. The van der Waals surface area contributed by atoms with E-state index >= 15 is 4.39 Å². The zero-order valence-electron chi connectivity index (χ0n) is 26.8. The fourth-order valence-corrected chi connectivity index (χ4v) is 6.35. The number of amides is 2. The third kappa shape index (κ3) is 8.18. The second kappa shape index (κ2) is 13.1. The molecule has 51 heavy (non-hydrogen) atoms. The lowest BCUT2D eigenvalue weighted by Gasteiger charge is -2.20. The Kier molecular flexibility index (Phi) is 9.46. The Morgan fingerprint density at radius 1 is 0.784 bits per heavy atom. The molecular weight excluding hydrogens is 715 g/mol. The van der Waals surface area contributed by atoms with Crippen molar-refractivity contribution in [3.63, 3.8) is 0 Å². The van der Waals surface area contributed by atoms with E-state index in [0.717, 1.165) is 42.5 Å². The van der Waals surface area contributed by atoms with Crippen molar-refractivity contribution in [1.82, 2.24) is 4.72 Å². The normalized spacial score (nSPS) is 13.9. The predicted octanol–water partition coefficient (Wildman–Crippen LogP) is 7.56. The van der Waals surface area contributed by atoms with Crippen molar-refractivity contribution in [1.29, 1.82) is 0 Å². The molecule has 270 valence electrons. The van der Waals surface area contributed by atoms with Gasteiger partial charge in [-0.25, -0.2) is 21.9 Å². The summed E-state index contributed by atoms with van der Waals surface area (Å²) in [4.78, 5) is 26.7. The number of methoxy groups -OCH3 is 1. The molecule has 0 radical (unpaired) electrons. The topological polar surface area (TPSA) is 132 Å². The van der Waals surface area contributed by atoms with Gasteiger partial charge < -0.3 is 24.8 Å². The highest BCUT2D eigenvalue weighted by atomic mass is 32.2. The van der Waals surface area contributed by atoms with Crippen molar-refractivity contribution in [2.75, 3.05) is 17.7 Å². The van der Waals surface area contributed by atoms with Crippen molar-refractivity contribution in [3.05, 3.63) is 95.1 Å². The Hall–Kier alpha value is -5.36. The monoisotopic (exact) mass is 741 g/mol. The fraction of sp³-hybridized carbons (Fsp3) is 0.212. The average molecular weight is 742 g/mol. The van der Waals surface area contributed by atoms with Crippen LogP contribution in [0.15, 0.2) is 71.6 Å². The van der Waals surface area contributed by atoms with Crippen molar-refractivity contribution < 1.29 is 63.0 Å². The molecule has 5 rings (SSSR count). The second-order valence-corrected chi connectivity index (χ2v) is 13.7. The number of hydrogen-bond acceptors (Lipinski definition) is 7. The minimum absolute atomic E-state index is 0.00586. The molecule has 0 saturated carbocycles.